The summed E-state index contributed by atoms with van der Waals surface area (Å²) in [6.45, 7) is 5.82. The summed E-state index contributed by atoms with van der Waals surface area (Å²) in [5.41, 5.74) is 0. The van der Waals surface area contributed by atoms with Crippen molar-refractivity contribution in [1.82, 2.24) is 10.6 Å². The minimum atomic E-state index is -0.991. The van der Waals surface area contributed by atoms with E-state index >= 15 is 0 Å². The van der Waals surface area contributed by atoms with Crippen LogP contribution in [0.1, 0.15) is 20.8 Å². The SMILES string of the molecule is CNCC(C)C(=O)N[C@@H](C(=O)O)C(C)C. The number of amides is 1. The van der Waals surface area contributed by atoms with Crippen molar-refractivity contribution in [3.63, 3.8) is 0 Å². The van der Waals surface area contributed by atoms with E-state index in [2.05, 4.69) is 10.6 Å². The van der Waals surface area contributed by atoms with Crippen LogP contribution in [0.25, 0.3) is 0 Å². The zero-order valence-electron chi connectivity index (χ0n) is 9.70. The Bertz CT molecular complexity index is 229. The lowest BCUT2D eigenvalue weighted by molar-refractivity contribution is -0.143. The minimum absolute atomic E-state index is 0.117. The van der Waals surface area contributed by atoms with Crippen LogP contribution < -0.4 is 10.6 Å². The van der Waals surface area contributed by atoms with Crippen LogP contribution in [-0.2, 0) is 9.59 Å². The molecule has 0 aromatic rings. The van der Waals surface area contributed by atoms with Gasteiger partial charge in [0.15, 0.2) is 0 Å². The van der Waals surface area contributed by atoms with Crippen molar-refractivity contribution >= 4 is 11.9 Å². The lowest BCUT2D eigenvalue weighted by Crippen LogP contribution is -2.47. The third-order valence-electron chi connectivity index (χ3n) is 2.19. The smallest absolute Gasteiger partial charge is 0.326 e. The average Bonchev–Trinajstić information content (AvgIpc) is 2.12. The Kier molecular flexibility index (Phi) is 5.93. The van der Waals surface area contributed by atoms with Gasteiger partial charge in [-0.25, -0.2) is 4.79 Å². The number of hydrogen-bond donors (Lipinski definition) is 3. The molecule has 0 aromatic carbocycles. The molecule has 0 saturated heterocycles. The summed E-state index contributed by atoms with van der Waals surface area (Å²) < 4.78 is 0. The van der Waals surface area contributed by atoms with Gasteiger partial charge in [-0.2, -0.15) is 0 Å². The molecule has 3 N–H and O–H groups in total. The molecule has 0 rings (SSSR count). The summed E-state index contributed by atoms with van der Waals surface area (Å²) in [5, 5.41) is 14.3. The first-order valence-electron chi connectivity index (χ1n) is 5.08. The molecule has 0 aliphatic carbocycles. The summed E-state index contributed by atoms with van der Waals surface area (Å²) in [5.74, 6) is -1.57. The molecular weight excluding hydrogens is 196 g/mol. The second kappa shape index (κ2) is 6.40. The molecule has 5 heteroatoms. The molecular formula is C10H20N2O3. The van der Waals surface area contributed by atoms with Gasteiger partial charge in [-0.05, 0) is 13.0 Å². The Morgan fingerprint density at radius 2 is 1.80 bits per heavy atom. The van der Waals surface area contributed by atoms with Crippen LogP contribution in [0.4, 0.5) is 0 Å². The highest BCUT2D eigenvalue weighted by Crippen LogP contribution is 2.03. The number of carbonyl (C=O) groups excluding carboxylic acids is 1. The van der Waals surface area contributed by atoms with E-state index in [0.29, 0.717) is 6.54 Å². The third kappa shape index (κ3) is 4.78. The monoisotopic (exact) mass is 216 g/mol. The van der Waals surface area contributed by atoms with Crippen molar-refractivity contribution in [2.24, 2.45) is 11.8 Å². The van der Waals surface area contributed by atoms with Crippen molar-refractivity contribution in [1.29, 1.82) is 0 Å². The molecule has 0 fully saturated rings. The van der Waals surface area contributed by atoms with Gasteiger partial charge in [0.2, 0.25) is 5.91 Å². The Morgan fingerprint density at radius 3 is 2.13 bits per heavy atom. The first-order chi connectivity index (χ1) is 6.90. The van der Waals surface area contributed by atoms with Gasteiger partial charge in [0.1, 0.15) is 6.04 Å². The van der Waals surface area contributed by atoms with Gasteiger partial charge >= 0.3 is 5.97 Å². The molecule has 0 aromatic heterocycles. The van der Waals surface area contributed by atoms with E-state index in [1.165, 1.54) is 0 Å². The molecule has 2 atom stereocenters. The summed E-state index contributed by atoms with van der Waals surface area (Å²) >= 11 is 0. The third-order valence-corrected chi connectivity index (χ3v) is 2.19. The quantitative estimate of drug-likeness (QED) is 0.587. The minimum Gasteiger partial charge on any atom is -0.480 e. The van der Waals surface area contributed by atoms with Crippen LogP contribution in [0.2, 0.25) is 0 Å². The van der Waals surface area contributed by atoms with E-state index < -0.39 is 12.0 Å². The first-order valence-corrected chi connectivity index (χ1v) is 5.08. The highest BCUT2D eigenvalue weighted by atomic mass is 16.4. The van der Waals surface area contributed by atoms with Crippen molar-refractivity contribution < 1.29 is 14.7 Å². The average molecular weight is 216 g/mol. The predicted molar refractivity (Wildman–Crippen MR) is 57.5 cm³/mol. The fourth-order valence-electron chi connectivity index (χ4n) is 1.21. The van der Waals surface area contributed by atoms with E-state index in [9.17, 15) is 9.59 Å². The van der Waals surface area contributed by atoms with Crippen LogP contribution >= 0.6 is 0 Å². The highest BCUT2D eigenvalue weighted by molar-refractivity contribution is 5.85. The van der Waals surface area contributed by atoms with Gasteiger partial charge < -0.3 is 15.7 Å². The maximum atomic E-state index is 11.5. The molecule has 15 heavy (non-hydrogen) atoms. The van der Waals surface area contributed by atoms with E-state index in [1.807, 2.05) is 0 Å². The van der Waals surface area contributed by atoms with Crippen LogP contribution in [0, 0.1) is 11.8 Å². The van der Waals surface area contributed by atoms with Crippen molar-refractivity contribution in [2.45, 2.75) is 26.8 Å². The van der Waals surface area contributed by atoms with E-state index in [-0.39, 0.29) is 17.7 Å². The number of nitrogens with one attached hydrogen (secondary N) is 2. The van der Waals surface area contributed by atoms with Crippen LogP contribution in [-0.4, -0.2) is 36.6 Å². The predicted octanol–water partition coefficient (Wildman–Crippen LogP) is 0.0673. The zero-order valence-corrected chi connectivity index (χ0v) is 9.70. The van der Waals surface area contributed by atoms with Crippen molar-refractivity contribution in [3.8, 4) is 0 Å². The summed E-state index contributed by atoms with van der Waals surface area (Å²) in [6, 6.07) is -0.809. The van der Waals surface area contributed by atoms with Gasteiger partial charge in [-0.15, -0.1) is 0 Å². The number of rotatable bonds is 6. The summed E-state index contributed by atoms with van der Waals surface area (Å²) in [4.78, 5) is 22.4. The van der Waals surface area contributed by atoms with Crippen LogP contribution in [0.5, 0.6) is 0 Å². The number of hydrogen-bond acceptors (Lipinski definition) is 3. The number of carboxylic acid groups (broad SMARTS) is 1. The van der Waals surface area contributed by atoms with E-state index in [1.54, 1.807) is 27.8 Å². The molecule has 0 heterocycles. The lowest BCUT2D eigenvalue weighted by atomic mass is 10.0. The molecule has 1 amide bonds. The normalized spacial score (nSPS) is 14.7. The van der Waals surface area contributed by atoms with Crippen molar-refractivity contribution in [3.05, 3.63) is 0 Å². The molecule has 0 aliphatic heterocycles. The molecule has 0 bridgehead atoms. The highest BCUT2D eigenvalue weighted by Gasteiger charge is 2.25. The first kappa shape index (κ1) is 13.9. The summed E-state index contributed by atoms with van der Waals surface area (Å²) in [6.07, 6.45) is 0. The number of carboxylic acids is 1. The maximum absolute atomic E-state index is 11.5. The molecule has 1 unspecified atom stereocenters. The largest absolute Gasteiger partial charge is 0.480 e. The fraction of sp³-hybridized carbons (Fsp3) is 0.800. The van der Waals surface area contributed by atoms with Gasteiger partial charge in [-0.1, -0.05) is 20.8 Å². The van der Waals surface area contributed by atoms with E-state index in [0.717, 1.165) is 0 Å². The molecule has 5 nitrogen and oxygen atoms in total. The van der Waals surface area contributed by atoms with Crippen LogP contribution in [0.15, 0.2) is 0 Å². The summed E-state index contributed by atoms with van der Waals surface area (Å²) in [7, 11) is 1.75. The Balaban J connectivity index is 4.29. The molecule has 0 radical (unpaired) electrons. The topological polar surface area (TPSA) is 78.4 Å². The van der Waals surface area contributed by atoms with Gasteiger partial charge in [0.05, 0.1) is 0 Å². The molecule has 0 spiro atoms. The lowest BCUT2D eigenvalue weighted by Gasteiger charge is -2.20. The van der Waals surface area contributed by atoms with Gasteiger partial charge in [-0.3, -0.25) is 4.79 Å². The molecule has 88 valence electrons. The molecule has 0 saturated carbocycles. The molecule has 0 aliphatic rings. The zero-order chi connectivity index (χ0) is 12.0. The van der Waals surface area contributed by atoms with Gasteiger partial charge in [0, 0.05) is 12.5 Å². The maximum Gasteiger partial charge on any atom is 0.326 e. The van der Waals surface area contributed by atoms with Crippen molar-refractivity contribution in [2.75, 3.05) is 13.6 Å². The van der Waals surface area contributed by atoms with Crippen LogP contribution in [0.3, 0.4) is 0 Å². The van der Waals surface area contributed by atoms with Gasteiger partial charge in [0.25, 0.3) is 0 Å². The Labute approximate surface area is 90.2 Å². The second-order valence-corrected chi connectivity index (χ2v) is 4.03. The second-order valence-electron chi connectivity index (χ2n) is 4.03. The Morgan fingerprint density at radius 1 is 1.27 bits per heavy atom. The standard InChI is InChI=1S/C10H20N2O3/c1-6(2)8(10(14)15)12-9(13)7(3)5-11-4/h6-8,11H,5H2,1-4H3,(H,12,13)(H,14,15)/t7?,8-/m1/s1. The van der Waals surface area contributed by atoms with E-state index in [4.69, 9.17) is 5.11 Å². The number of carbonyl (C=O) groups is 2. The Hall–Kier alpha value is -1.10. The fourth-order valence-corrected chi connectivity index (χ4v) is 1.21. The number of aliphatic carboxylic acids is 1.